The Balaban J connectivity index is 2.45. The molecule has 0 amide bonds. The van der Waals surface area contributed by atoms with Gasteiger partial charge in [0.05, 0.1) is 6.10 Å². The first kappa shape index (κ1) is 14.1. The topological polar surface area (TPSA) is 9.23 Å². The standard InChI is InChI=1S/C17H30O/c1-12(2)15-9-14(18-6)11-16(4,5)17(15)8-7-13(3)10-17/h9,12-14H,7-8,10-11H2,1-6H3/t13-,14+,17+/m0/s1. The molecule has 18 heavy (non-hydrogen) atoms. The minimum atomic E-state index is 0.318. The van der Waals surface area contributed by atoms with E-state index in [1.807, 2.05) is 7.11 Å². The molecule has 0 heterocycles. The molecule has 0 radical (unpaired) electrons. The smallest absolute Gasteiger partial charge is 0.0760 e. The van der Waals surface area contributed by atoms with Gasteiger partial charge in [0.1, 0.15) is 0 Å². The molecule has 2 rings (SSSR count). The highest BCUT2D eigenvalue weighted by Crippen LogP contribution is 2.62. The lowest BCUT2D eigenvalue weighted by molar-refractivity contribution is 0.00870. The van der Waals surface area contributed by atoms with Crippen molar-refractivity contribution in [3.63, 3.8) is 0 Å². The number of hydrogen-bond donors (Lipinski definition) is 0. The van der Waals surface area contributed by atoms with E-state index in [4.69, 9.17) is 4.74 Å². The molecule has 3 atom stereocenters. The van der Waals surface area contributed by atoms with Crippen LogP contribution in [0.2, 0.25) is 0 Å². The van der Waals surface area contributed by atoms with Crippen LogP contribution in [0, 0.1) is 22.7 Å². The summed E-state index contributed by atoms with van der Waals surface area (Å²) < 4.78 is 5.66. The summed E-state index contributed by atoms with van der Waals surface area (Å²) >= 11 is 0. The van der Waals surface area contributed by atoms with Crippen molar-refractivity contribution in [3.05, 3.63) is 11.6 Å². The predicted octanol–water partition coefficient (Wildman–Crippen LogP) is 4.82. The molecular formula is C17H30O. The fourth-order valence-electron chi connectivity index (χ4n) is 4.57. The highest BCUT2D eigenvalue weighted by atomic mass is 16.5. The molecule has 104 valence electrons. The molecule has 1 fully saturated rings. The minimum Gasteiger partial charge on any atom is -0.377 e. The van der Waals surface area contributed by atoms with Gasteiger partial charge < -0.3 is 4.74 Å². The molecule has 1 spiro atoms. The highest BCUT2D eigenvalue weighted by molar-refractivity contribution is 5.28. The Bertz CT molecular complexity index is 340. The first-order valence-electron chi connectivity index (χ1n) is 7.57. The highest BCUT2D eigenvalue weighted by Gasteiger charge is 2.54. The van der Waals surface area contributed by atoms with E-state index in [9.17, 15) is 0 Å². The van der Waals surface area contributed by atoms with Gasteiger partial charge in [0, 0.05) is 7.11 Å². The average Bonchev–Trinajstić information content (AvgIpc) is 2.66. The van der Waals surface area contributed by atoms with E-state index in [1.165, 1.54) is 25.7 Å². The third kappa shape index (κ3) is 2.05. The summed E-state index contributed by atoms with van der Waals surface area (Å²) in [5, 5.41) is 0. The van der Waals surface area contributed by atoms with Crippen LogP contribution in [-0.4, -0.2) is 13.2 Å². The van der Waals surface area contributed by atoms with Crippen molar-refractivity contribution in [2.24, 2.45) is 22.7 Å². The lowest BCUT2D eigenvalue weighted by Gasteiger charge is -2.52. The quantitative estimate of drug-likeness (QED) is 0.638. The van der Waals surface area contributed by atoms with Gasteiger partial charge in [-0.05, 0) is 48.3 Å². The fraction of sp³-hybridized carbons (Fsp3) is 0.882. The molecule has 0 aromatic heterocycles. The van der Waals surface area contributed by atoms with E-state index < -0.39 is 0 Å². The van der Waals surface area contributed by atoms with Crippen LogP contribution in [0.3, 0.4) is 0 Å². The summed E-state index contributed by atoms with van der Waals surface area (Å²) in [4.78, 5) is 0. The Morgan fingerprint density at radius 1 is 1.28 bits per heavy atom. The molecule has 2 aliphatic rings. The normalized spacial score (nSPS) is 39.4. The van der Waals surface area contributed by atoms with Crippen molar-refractivity contribution in [2.45, 2.75) is 66.4 Å². The maximum atomic E-state index is 5.66. The van der Waals surface area contributed by atoms with E-state index in [0.29, 0.717) is 22.9 Å². The number of rotatable bonds is 2. The molecular weight excluding hydrogens is 220 g/mol. The largest absolute Gasteiger partial charge is 0.377 e. The summed E-state index contributed by atoms with van der Waals surface area (Å²) in [6, 6.07) is 0. The SMILES string of the molecule is CO[C@@H]1C=C(C(C)C)[C@]2(CC[C@H](C)C2)C(C)(C)C1. The molecule has 1 saturated carbocycles. The molecule has 1 nitrogen and oxygen atoms in total. The van der Waals surface area contributed by atoms with Crippen LogP contribution in [-0.2, 0) is 4.74 Å². The van der Waals surface area contributed by atoms with E-state index in [1.54, 1.807) is 5.57 Å². The average molecular weight is 250 g/mol. The Hall–Kier alpha value is -0.300. The maximum absolute atomic E-state index is 5.66. The zero-order chi connectivity index (χ0) is 13.6. The lowest BCUT2D eigenvalue weighted by Crippen LogP contribution is -2.45. The van der Waals surface area contributed by atoms with Crippen molar-refractivity contribution in [2.75, 3.05) is 7.11 Å². The van der Waals surface area contributed by atoms with Gasteiger partial charge in [-0.25, -0.2) is 0 Å². The van der Waals surface area contributed by atoms with Crippen LogP contribution < -0.4 is 0 Å². The molecule has 2 aliphatic carbocycles. The summed E-state index contributed by atoms with van der Waals surface area (Å²) in [6.45, 7) is 12.1. The van der Waals surface area contributed by atoms with E-state index in [0.717, 1.165) is 5.92 Å². The molecule has 0 bridgehead atoms. The van der Waals surface area contributed by atoms with E-state index in [2.05, 4.69) is 40.7 Å². The maximum Gasteiger partial charge on any atom is 0.0760 e. The molecule has 0 aromatic rings. The summed E-state index contributed by atoms with van der Waals surface area (Å²) in [5.41, 5.74) is 2.48. The van der Waals surface area contributed by atoms with Gasteiger partial charge in [0.25, 0.3) is 0 Å². The lowest BCUT2D eigenvalue weighted by atomic mass is 9.53. The Morgan fingerprint density at radius 2 is 1.94 bits per heavy atom. The van der Waals surface area contributed by atoms with Crippen molar-refractivity contribution in [3.8, 4) is 0 Å². The molecule has 0 aliphatic heterocycles. The fourth-order valence-corrected chi connectivity index (χ4v) is 4.57. The van der Waals surface area contributed by atoms with Crippen molar-refractivity contribution < 1.29 is 4.74 Å². The molecule has 1 heteroatoms. The third-order valence-corrected chi connectivity index (χ3v) is 5.61. The van der Waals surface area contributed by atoms with Gasteiger partial charge in [0.2, 0.25) is 0 Å². The van der Waals surface area contributed by atoms with Gasteiger partial charge in [-0.1, -0.05) is 46.3 Å². The second-order valence-corrected chi connectivity index (χ2v) is 7.57. The Morgan fingerprint density at radius 3 is 2.39 bits per heavy atom. The second-order valence-electron chi connectivity index (χ2n) is 7.57. The van der Waals surface area contributed by atoms with Crippen LogP contribution >= 0.6 is 0 Å². The third-order valence-electron chi connectivity index (χ3n) is 5.61. The first-order chi connectivity index (χ1) is 8.32. The molecule has 0 unspecified atom stereocenters. The molecule has 0 N–H and O–H groups in total. The zero-order valence-electron chi connectivity index (χ0n) is 13.0. The van der Waals surface area contributed by atoms with Gasteiger partial charge in [-0.2, -0.15) is 0 Å². The summed E-state index contributed by atoms with van der Waals surface area (Å²) in [6.07, 6.45) is 8.09. The van der Waals surface area contributed by atoms with Crippen LogP contribution in [0.25, 0.3) is 0 Å². The minimum absolute atomic E-state index is 0.318. The number of hydrogen-bond acceptors (Lipinski definition) is 1. The van der Waals surface area contributed by atoms with Gasteiger partial charge in [-0.15, -0.1) is 0 Å². The van der Waals surface area contributed by atoms with Crippen molar-refractivity contribution in [1.29, 1.82) is 0 Å². The van der Waals surface area contributed by atoms with Gasteiger partial charge >= 0.3 is 0 Å². The van der Waals surface area contributed by atoms with E-state index >= 15 is 0 Å². The monoisotopic (exact) mass is 250 g/mol. The van der Waals surface area contributed by atoms with Crippen LogP contribution in [0.5, 0.6) is 0 Å². The molecule has 0 saturated heterocycles. The van der Waals surface area contributed by atoms with E-state index in [-0.39, 0.29) is 0 Å². The van der Waals surface area contributed by atoms with Crippen molar-refractivity contribution >= 4 is 0 Å². The van der Waals surface area contributed by atoms with Gasteiger partial charge in [-0.3, -0.25) is 0 Å². The van der Waals surface area contributed by atoms with Gasteiger partial charge in [0.15, 0.2) is 0 Å². The zero-order valence-corrected chi connectivity index (χ0v) is 13.0. The Labute approximate surface area is 113 Å². The first-order valence-corrected chi connectivity index (χ1v) is 7.57. The summed E-state index contributed by atoms with van der Waals surface area (Å²) in [7, 11) is 1.85. The summed E-state index contributed by atoms with van der Waals surface area (Å²) in [5.74, 6) is 1.53. The number of ether oxygens (including phenoxy) is 1. The number of methoxy groups -OCH3 is 1. The van der Waals surface area contributed by atoms with Crippen LogP contribution in [0.1, 0.15) is 60.3 Å². The van der Waals surface area contributed by atoms with Crippen LogP contribution in [0.15, 0.2) is 11.6 Å². The van der Waals surface area contributed by atoms with Crippen molar-refractivity contribution in [1.82, 2.24) is 0 Å². The Kier molecular flexibility index (Phi) is 3.66. The number of allylic oxidation sites excluding steroid dienone is 1. The second kappa shape index (κ2) is 4.67. The molecule has 0 aromatic carbocycles. The predicted molar refractivity (Wildman–Crippen MR) is 77.6 cm³/mol. The van der Waals surface area contributed by atoms with Crippen LogP contribution in [0.4, 0.5) is 0 Å².